The minimum atomic E-state index is 0.107. The summed E-state index contributed by atoms with van der Waals surface area (Å²) in [4.78, 5) is 20.3. The molecule has 0 unspecified atom stereocenters. The van der Waals surface area contributed by atoms with Gasteiger partial charge in [0.2, 0.25) is 5.91 Å². The molecule has 0 aromatic carbocycles. The van der Waals surface area contributed by atoms with Gasteiger partial charge in [-0.2, -0.15) is 0 Å². The molecule has 1 N–H and O–H groups in total. The summed E-state index contributed by atoms with van der Waals surface area (Å²) in [5.41, 5.74) is 1.17. The first-order valence-electron chi connectivity index (χ1n) is 7.74. The number of rotatable bonds is 8. The van der Waals surface area contributed by atoms with Crippen LogP contribution in [0.2, 0.25) is 0 Å². The summed E-state index contributed by atoms with van der Waals surface area (Å²) in [5.74, 6) is 1.04. The molecule has 1 aromatic heterocycles. The second-order valence-corrected chi connectivity index (χ2v) is 5.85. The van der Waals surface area contributed by atoms with Crippen molar-refractivity contribution in [3.05, 3.63) is 23.9 Å². The molecular formula is C16H26N4O. The van der Waals surface area contributed by atoms with Crippen molar-refractivity contribution >= 4 is 11.7 Å². The van der Waals surface area contributed by atoms with Gasteiger partial charge >= 0.3 is 0 Å². The molecule has 21 heavy (non-hydrogen) atoms. The Morgan fingerprint density at radius 3 is 2.81 bits per heavy atom. The number of hydrogen-bond donors (Lipinski definition) is 1. The molecule has 0 saturated heterocycles. The molecule has 0 atom stereocenters. The second kappa shape index (κ2) is 7.41. The van der Waals surface area contributed by atoms with Gasteiger partial charge in [0.25, 0.3) is 0 Å². The van der Waals surface area contributed by atoms with E-state index in [1.807, 2.05) is 6.07 Å². The number of amides is 1. The van der Waals surface area contributed by atoms with E-state index >= 15 is 0 Å². The maximum absolute atomic E-state index is 12.0. The van der Waals surface area contributed by atoms with Gasteiger partial charge in [-0.15, -0.1) is 0 Å². The molecule has 1 aliphatic carbocycles. The highest BCUT2D eigenvalue weighted by Gasteiger charge is 2.22. The molecule has 5 nitrogen and oxygen atoms in total. The summed E-state index contributed by atoms with van der Waals surface area (Å²) in [6.45, 7) is 4.17. The molecule has 1 aromatic rings. The fraction of sp³-hybridized carbons (Fsp3) is 0.625. The van der Waals surface area contributed by atoms with Crippen molar-refractivity contribution in [2.24, 2.45) is 0 Å². The number of hydrogen-bond acceptors (Lipinski definition) is 4. The van der Waals surface area contributed by atoms with Crippen LogP contribution in [0.1, 0.15) is 31.7 Å². The molecule has 1 amide bonds. The van der Waals surface area contributed by atoms with Crippen molar-refractivity contribution in [2.75, 3.05) is 32.1 Å². The average Bonchev–Trinajstić information content (AvgIpc) is 3.29. The standard InChI is InChI=1S/C16H26N4O/c1-4-10-20(12-15(21)19(2)3)16-13(6-5-9-17-16)11-18-14-7-8-14/h5-6,9,14,18H,4,7-8,10-12H2,1-3H3. The van der Waals surface area contributed by atoms with Crippen LogP contribution in [0, 0.1) is 0 Å². The lowest BCUT2D eigenvalue weighted by Crippen LogP contribution is -2.38. The van der Waals surface area contributed by atoms with E-state index in [4.69, 9.17) is 0 Å². The Hall–Kier alpha value is -1.62. The molecular weight excluding hydrogens is 264 g/mol. The van der Waals surface area contributed by atoms with Crippen LogP contribution in [0.15, 0.2) is 18.3 Å². The normalized spacial score (nSPS) is 14.0. The smallest absolute Gasteiger partial charge is 0.241 e. The van der Waals surface area contributed by atoms with Crippen molar-refractivity contribution in [1.29, 1.82) is 0 Å². The van der Waals surface area contributed by atoms with E-state index in [0.29, 0.717) is 12.6 Å². The Morgan fingerprint density at radius 2 is 2.19 bits per heavy atom. The minimum Gasteiger partial charge on any atom is -0.347 e. The third-order valence-electron chi connectivity index (χ3n) is 3.64. The monoisotopic (exact) mass is 290 g/mol. The number of aromatic nitrogens is 1. The molecule has 5 heteroatoms. The molecule has 0 aliphatic heterocycles. The molecule has 0 spiro atoms. The molecule has 1 fully saturated rings. The summed E-state index contributed by atoms with van der Waals surface area (Å²) < 4.78 is 0. The maximum Gasteiger partial charge on any atom is 0.241 e. The zero-order valence-corrected chi connectivity index (χ0v) is 13.3. The highest BCUT2D eigenvalue weighted by molar-refractivity contribution is 5.80. The first-order valence-corrected chi connectivity index (χ1v) is 7.74. The van der Waals surface area contributed by atoms with E-state index in [2.05, 4.69) is 28.2 Å². The molecule has 1 heterocycles. The number of carbonyl (C=O) groups is 1. The summed E-state index contributed by atoms with van der Waals surface area (Å²) in [6.07, 6.45) is 5.34. The van der Waals surface area contributed by atoms with Crippen LogP contribution in [0.3, 0.4) is 0 Å². The van der Waals surface area contributed by atoms with Gasteiger partial charge in [0, 0.05) is 45.0 Å². The Morgan fingerprint density at radius 1 is 1.43 bits per heavy atom. The molecule has 0 radical (unpaired) electrons. The van der Waals surface area contributed by atoms with Crippen LogP contribution in [-0.2, 0) is 11.3 Å². The first kappa shape index (κ1) is 15.8. The lowest BCUT2D eigenvalue weighted by Gasteiger charge is -2.26. The zero-order valence-electron chi connectivity index (χ0n) is 13.3. The van der Waals surface area contributed by atoms with Gasteiger partial charge in [-0.3, -0.25) is 4.79 Å². The number of nitrogens with one attached hydrogen (secondary N) is 1. The fourth-order valence-corrected chi connectivity index (χ4v) is 2.23. The van der Waals surface area contributed by atoms with Crippen molar-refractivity contribution in [3.63, 3.8) is 0 Å². The van der Waals surface area contributed by atoms with Gasteiger partial charge in [-0.25, -0.2) is 4.98 Å². The zero-order chi connectivity index (χ0) is 15.2. The number of likely N-dealkylation sites (N-methyl/N-ethyl adjacent to an activating group) is 1. The lowest BCUT2D eigenvalue weighted by atomic mass is 10.2. The highest BCUT2D eigenvalue weighted by Crippen LogP contribution is 2.22. The Balaban J connectivity index is 2.11. The van der Waals surface area contributed by atoms with Crippen molar-refractivity contribution in [1.82, 2.24) is 15.2 Å². The summed E-state index contributed by atoms with van der Waals surface area (Å²) >= 11 is 0. The van der Waals surface area contributed by atoms with Crippen molar-refractivity contribution in [2.45, 2.75) is 38.8 Å². The summed E-state index contributed by atoms with van der Waals surface area (Å²) in [6, 6.07) is 4.73. The van der Waals surface area contributed by atoms with Crippen LogP contribution in [0.5, 0.6) is 0 Å². The minimum absolute atomic E-state index is 0.107. The van der Waals surface area contributed by atoms with E-state index in [-0.39, 0.29) is 5.91 Å². The molecule has 0 bridgehead atoms. The second-order valence-electron chi connectivity index (χ2n) is 5.85. The van der Waals surface area contributed by atoms with Gasteiger partial charge in [-0.05, 0) is 25.3 Å². The van der Waals surface area contributed by atoms with E-state index in [1.165, 1.54) is 18.4 Å². The van der Waals surface area contributed by atoms with Crippen molar-refractivity contribution < 1.29 is 4.79 Å². The van der Waals surface area contributed by atoms with Crippen LogP contribution in [-0.4, -0.2) is 49.0 Å². The Bertz CT molecular complexity index is 471. The van der Waals surface area contributed by atoms with E-state index < -0.39 is 0 Å². The van der Waals surface area contributed by atoms with Gasteiger partial charge in [0.05, 0.1) is 6.54 Å². The Kier molecular flexibility index (Phi) is 5.56. The maximum atomic E-state index is 12.0. The average molecular weight is 290 g/mol. The number of pyridine rings is 1. The molecule has 1 saturated carbocycles. The van der Waals surface area contributed by atoms with Gasteiger partial charge in [-0.1, -0.05) is 13.0 Å². The number of anilines is 1. The third kappa shape index (κ3) is 4.70. The predicted octanol–water partition coefficient (Wildman–Crippen LogP) is 1.64. The Labute approximate surface area is 127 Å². The number of carbonyl (C=O) groups excluding carboxylic acids is 1. The SMILES string of the molecule is CCCN(CC(=O)N(C)C)c1ncccc1CNC1CC1. The van der Waals surface area contributed by atoms with Gasteiger partial charge < -0.3 is 15.1 Å². The fourth-order valence-electron chi connectivity index (χ4n) is 2.23. The van der Waals surface area contributed by atoms with Crippen molar-refractivity contribution in [3.8, 4) is 0 Å². The predicted molar refractivity (Wildman–Crippen MR) is 85.3 cm³/mol. The summed E-state index contributed by atoms with van der Waals surface area (Å²) in [5, 5.41) is 3.52. The van der Waals surface area contributed by atoms with E-state index in [9.17, 15) is 4.79 Å². The third-order valence-corrected chi connectivity index (χ3v) is 3.64. The van der Waals surface area contributed by atoms with E-state index in [0.717, 1.165) is 25.3 Å². The van der Waals surface area contributed by atoms with Crippen LogP contribution in [0.25, 0.3) is 0 Å². The summed E-state index contributed by atoms with van der Waals surface area (Å²) in [7, 11) is 3.58. The number of nitrogens with zero attached hydrogens (tertiary/aromatic N) is 3. The van der Waals surface area contributed by atoms with Gasteiger partial charge in [0.1, 0.15) is 5.82 Å². The lowest BCUT2D eigenvalue weighted by molar-refractivity contribution is -0.127. The van der Waals surface area contributed by atoms with Crippen LogP contribution in [0.4, 0.5) is 5.82 Å². The topological polar surface area (TPSA) is 48.5 Å². The molecule has 2 rings (SSSR count). The quantitative estimate of drug-likeness (QED) is 0.791. The van der Waals surface area contributed by atoms with Crippen LogP contribution < -0.4 is 10.2 Å². The van der Waals surface area contributed by atoms with Crippen LogP contribution >= 0.6 is 0 Å². The molecule has 116 valence electrons. The van der Waals surface area contributed by atoms with E-state index in [1.54, 1.807) is 25.2 Å². The molecule has 1 aliphatic rings. The van der Waals surface area contributed by atoms with Gasteiger partial charge in [0.15, 0.2) is 0 Å². The largest absolute Gasteiger partial charge is 0.347 e. The first-order chi connectivity index (χ1) is 10.1. The highest BCUT2D eigenvalue weighted by atomic mass is 16.2.